The Morgan fingerprint density at radius 2 is 2.00 bits per heavy atom. The van der Waals surface area contributed by atoms with Gasteiger partial charge in [0.2, 0.25) is 0 Å². The van der Waals surface area contributed by atoms with E-state index in [1.54, 1.807) is 0 Å². The predicted octanol–water partition coefficient (Wildman–Crippen LogP) is 2.80. The first kappa shape index (κ1) is 9.64. The summed E-state index contributed by atoms with van der Waals surface area (Å²) in [6.07, 6.45) is 1.57. The van der Waals surface area contributed by atoms with Crippen LogP contribution >= 0.6 is 0 Å². The maximum absolute atomic E-state index is 12.1. The Hall–Kier alpha value is -1.57. The Morgan fingerprint density at radius 1 is 1.25 bits per heavy atom. The van der Waals surface area contributed by atoms with Crippen molar-refractivity contribution in [2.75, 3.05) is 6.61 Å². The van der Waals surface area contributed by atoms with Gasteiger partial charge in [-0.05, 0) is 12.0 Å². The minimum atomic E-state index is -0.0394. The van der Waals surface area contributed by atoms with E-state index in [0.29, 0.717) is 6.42 Å². The van der Waals surface area contributed by atoms with Crippen LogP contribution in [-0.4, -0.2) is 12.4 Å². The van der Waals surface area contributed by atoms with E-state index in [1.807, 2.05) is 30.3 Å². The summed E-state index contributed by atoms with van der Waals surface area (Å²) >= 11 is 0. The number of fused-ring (bicyclic) bond motifs is 1. The second-order valence-corrected chi connectivity index (χ2v) is 4.83. The van der Waals surface area contributed by atoms with Crippen molar-refractivity contribution >= 4 is 11.4 Å². The van der Waals surface area contributed by atoms with Crippen LogP contribution in [-0.2, 0) is 9.53 Å². The van der Waals surface area contributed by atoms with Crippen molar-refractivity contribution in [2.45, 2.75) is 19.8 Å². The lowest BCUT2D eigenvalue weighted by atomic mass is 9.87. The summed E-state index contributed by atoms with van der Waals surface area (Å²) in [5.74, 6) is 1.15. The Kier molecular flexibility index (Phi) is 1.93. The van der Waals surface area contributed by atoms with Gasteiger partial charge in [0.05, 0.1) is 12.2 Å². The molecule has 16 heavy (non-hydrogen) atoms. The van der Waals surface area contributed by atoms with Gasteiger partial charge < -0.3 is 4.74 Å². The largest absolute Gasteiger partial charge is 0.497 e. The molecule has 2 heteroatoms. The summed E-state index contributed by atoms with van der Waals surface area (Å²) in [4.78, 5) is 12.1. The molecule has 1 aromatic carbocycles. The molecular weight excluding hydrogens is 200 g/mol. The molecule has 0 bridgehead atoms. The molecule has 2 aliphatic rings. The SMILES string of the molecule is CC12CCOC1=C(c1ccccc1)C(=O)C2. The summed E-state index contributed by atoms with van der Waals surface area (Å²) in [6.45, 7) is 2.87. The van der Waals surface area contributed by atoms with E-state index in [4.69, 9.17) is 4.74 Å². The summed E-state index contributed by atoms with van der Waals surface area (Å²) in [6, 6.07) is 9.84. The number of hydrogen-bond acceptors (Lipinski definition) is 2. The normalized spacial score (nSPS) is 28.2. The molecule has 1 fully saturated rings. The third-order valence-electron chi connectivity index (χ3n) is 3.57. The number of allylic oxidation sites excluding steroid dienone is 2. The molecule has 0 saturated carbocycles. The van der Waals surface area contributed by atoms with Gasteiger partial charge >= 0.3 is 0 Å². The van der Waals surface area contributed by atoms with Gasteiger partial charge in [-0.1, -0.05) is 37.3 Å². The fraction of sp³-hybridized carbons (Fsp3) is 0.357. The van der Waals surface area contributed by atoms with Gasteiger partial charge in [0.1, 0.15) is 5.76 Å². The van der Waals surface area contributed by atoms with E-state index in [-0.39, 0.29) is 11.2 Å². The number of ether oxygens (including phenoxy) is 1. The third kappa shape index (κ3) is 1.22. The molecule has 1 heterocycles. The maximum atomic E-state index is 12.1. The summed E-state index contributed by atoms with van der Waals surface area (Å²) in [5, 5.41) is 0. The Labute approximate surface area is 94.9 Å². The van der Waals surface area contributed by atoms with Gasteiger partial charge in [0.25, 0.3) is 0 Å². The Morgan fingerprint density at radius 3 is 2.75 bits per heavy atom. The van der Waals surface area contributed by atoms with Crippen molar-refractivity contribution in [3.05, 3.63) is 41.7 Å². The van der Waals surface area contributed by atoms with Crippen molar-refractivity contribution in [1.29, 1.82) is 0 Å². The molecule has 1 aliphatic heterocycles. The van der Waals surface area contributed by atoms with Gasteiger partial charge in [-0.25, -0.2) is 0 Å². The highest BCUT2D eigenvalue weighted by molar-refractivity contribution is 6.24. The van der Waals surface area contributed by atoms with E-state index >= 15 is 0 Å². The second-order valence-electron chi connectivity index (χ2n) is 4.83. The van der Waals surface area contributed by atoms with Crippen LogP contribution in [0.2, 0.25) is 0 Å². The first-order valence-electron chi connectivity index (χ1n) is 5.67. The van der Waals surface area contributed by atoms with Crippen molar-refractivity contribution in [3.8, 4) is 0 Å². The second kappa shape index (κ2) is 3.21. The molecule has 2 nitrogen and oxygen atoms in total. The maximum Gasteiger partial charge on any atom is 0.167 e. The molecule has 0 aromatic heterocycles. The van der Waals surface area contributed by atoms with Crippen LogP contribution < -0.4 is 0 Å². The molecular formula is C14H14O2. The highest BCUT2D eigenvalue weighted by atomic mass is 16.5. The lowest BCUT2D eigenvalue weighted by Crippen LogP contribution is -2.11. The zero-order valence-corrected chi connectivity index (χ0v) is 9.32. The van der Waals surface area contributed by atoms with Gasteiger partial charge in [-0.2, -0.15) is 0 Å². The van der Waals surface area contributed by atoms with Crippen molar-refractivity contribution in [3.63, 3.8) is 0 Å². The molecule has 1 unspecified atom stereocenters. The molecule has 1 atom stereocenters. The van der Waals surface area contributed by atoms with Crippen molar-refractivity contribution < 1.29 is 9.53 Å². The summed E-state index contributed by atoms with van der Waals surface area (Å²) in [7, 11) is 0. The average molecular weight is 214 g/mol. The molecule has 3 rings (SSSR count). The van der Waals surface area contributed by atoms with Crippen LogP contribution in [0.5, 0.6) is 0 Å². The monoisotopic (exact) mass is 214 g/mol. The Bertz CT molecular complexity index is 473. The first-order valence-corrected chi connectivity index (χ1v) is 5.67. The molecule has 0 N–H and O–H groups in total. The van der Waals surface area contributed by atoms with Crippen LogP contribution in [0.25, 0.3) is 5.57 Å². The van der Waals surface area contributed by atoms with Crippen LogP contribution in [0.15, 0.2) is 36.1 Å². The zero-order chi connectivity index (χ0) is 11.2. The minimum Gasteiger partial charge on any atom is -0.497 e. The van der Waals surface area contributed by atoms with Crippen molar-refractivity contribution in [2.24, 2.45) is 5.41 Å². The van der Waals surface area contributed by atoms with E-state index in [2.05, 4.69) is 6.92 Å². The molecule has 0 amide bonds. The zero-order valence-electron chi connectivity index (χ0n) is 9.32. The van der Waals surface area contributed by atoms with Gasteiger partial charge in [-0.15, -0.1) is 0 Å². The van der Waals surface area contributed by atoms with E-state index in [9.17, 15) is 4.79 Å². The minimum absolute atomic E-state index is 0.0394. The van der Waals surface area contributed by atoms with Gasteiger partial charge in [0, 0.05) is 11.8 Å². The molecule has 1 aromatic rings. The predicted molar refractivity (Wildman–Crippen MR) is 61.7 cm³/mol. The van der Waals surface area contributed by atoms with Crippen LogP contribution in [0.4, 0.5) is 0 Å². The number of Topliss-reactive ketones (excluding diaryl/α,β-unsaturated/α-hetero) is 1. The lowest BCUT2D eigenvalue weighted by Gasteiger charge is -2.14. The summed E-state index contributed by atoms with van der Waals surface area (Å²) in [5.41, 5.74) is 1.76. The van der Waals surface area contributed by atoms with Crippen molar-refractivity contribution in [1.82, 2.24) is 0 Å². The molecule has 1 saturated heterocycles. The molecule has 0 spiro atoms. The molecule has 0 radical (unpaired) electrons. The number of carbonyl (C=O) groups excluding carboxylic acids is 1. The van der Waals surface area contributed by atoms with E-state index < -0.39 is 0 Å². The number of hydrogen-bond donors (Lipinski definition) is 0. The highest BCUT2D eigenvalue weighted by Crippen LogP contribution is 2.50. The first-order chi connectivity index (χ1) is 7.71. The topological polar surface area (TPSA) is 26.3 Å². The quantitative estimate of drug-likeness (QED) is 0.718. The number of ketones is 1. The van der Waals surface area contributed by atoms with E-state index in [1.165, 1.54) is 0 Å². The smallest absolute Gasteiger partial charge is 0.167 e. The average Bonchev–Trinajstić information content (AvgIpc) is 2.72. The van der Waals surface area contributed by atoms with Gasteiger partial charge in [-0.3, -0.25) is 4.79 Å². The highest BCUT2D eigenvalue weighted by Gasteiger charge is 2.47. The van der Waals surface area contributed by atoms with Crippen LogP contribution in [0.1, 0.15) is 25.3 Å². The van der Waals surface area contributed by atoms with Gasteiger partial charge in [0.15, 0.2) is 5.78 Å². The third-order valence-corrected chi connectivity index (χ3v) is 3.57. The lowest BCUT2D eigenvalue weighted by molar-refractivity contribution is -0.114. The number of rotatable bonds is 1. The summed E-state index contributed by atoms with van der Waals surface area (Å²) < 4.78 is 5.68. The van der Waals surface area contributed by atoms with Crippen LogP contribution in [0, 0.1) is 5.41 Å². The fourth-order valence-electron chi connectivity index (χ4n) is 2.68. The Balaban J connectivity index is 2.16. The molecule has 1 aliphatic carbocycles. The standard InChI is InChI=1S/C14H14O2/c1-14-7-8-16-13(14)12(11(15)9-14)10-5-3-2-4-6-10/h2-6H,7-9H2,1H3. The number of carbonyl (C=O) groups is 1. The number of benzene rings is 1. The molecule has 82 valence electrons. The fourth-order valence-corrected chi connectivity index (χ4v) is 2.68. The van der Waals surface area contributed by atoms with Crippen LogP contribution in [0.3, 0.4) is 0 Å². The van der Waals surface area contributed by atoms with E-state index in [0.717, 1.165) is 29.9 Å².